The quantitative estimate of drug-likeness (QED) is 0.738. The van der Waals surface area contributed by atoms with Gasteiger partial charge in [0, 0.05) is 32.2 Å². The van der Waals surface area contributed by atoms with Crippen molar-refractivity contribution in [3.05, 3.63) is 35.9 Å². The summed E-state index contributed by atoms with van der Waals surface area (Å²) in [5.74, 6) is 2.83. The maximum atomic E-state index is 12.6. The van der Waals surface area contributed by atoms with E-state index in [2.05, 4.69) is 28.3 Å². The lowest BCUT2D eigenvalue weighted by Gasteiger charge is -2.25. The number of rotatable bonds is 6. The van der Waals surface area contributed by atoms with E-state index in [1.54, 1.807) is 0 Å². The van der Waals surface area contributed by atoms with Gasteiger partial charge in [-0.2, -0.15) is 10.2 Å². The lowest BCUT2D eigenvalue weighted by Crippen LogP contribution is -2.31. The summed E-state index contributed by atoms with van der Waals surface area (Å²) in [6.45, 7) is 0.851. The van der Waals surface area contributed by atoms with Gasteiger partial charge in [-0.25, -0.2) is 0 Å². The van der Waals surface area contributed by atoms with Gasteiger partial charge in [-0.15, -0.1) is 12.3 Å². The van der Waals surface area contributed by atoms with Gasteiger partial charge in [-0.05, 0) is 18.4 Å². The first-order valence-electron chi connectivity index (χ1n) is 7.96. The molecule has 0 spiro atoms. The Morgan fingerprint density at radius 2 is 2.09 bits per heavy atom. The Labute approximate surface area is 131 Å². The summed E-state index contributed by atoms with van der Waals surface area (Å²) in [6, 6.07) is 10.5. The van der Waals surface area contributed by atoms with Crippen LogP contribution >= 0.6 is 0 Å². The molecule has 1 saturated heterocycles. The number of likely N-dealkylation sites (tertiary alicyclic amines) is 1. The van der Waals surface area contributed by atoms with Gasteiger partial charge in [-0.3, -0.25) is 4.79 Å². The van der Waals surface area contributed by atoms with E-state index in [1.807, 2.05) is 23.1 Å². The Hall–Kier alpha value is -2.15. The fourth-order valence-corrected chi connectivity index (χ4v) is 3.21. The summed E-state index contributed by atoms with van der Waals surface area (Å²) in [5.41, 5.74) is 0.875. The maximum Gasteiger partial charge on any atom is 0.223 e. The number of amides is 1. The van der Waals surface area contributed by atoms with Gasteiger partial charge in [0.1, 0.15) is 0 Å². The number of benzene rings is 1. The summed E-state index contributed by atoms with van der Waals surface area (Å²) >= 11 is 0. The third kappa shape index (κ3) is 3.19. The van der Waals surface area contributed by atoms with E-state index >= 15 is 0 Å². The van der Waals surface area contributed by atoms with Crippen molar-refractivity contribution in [1.29, 1.82) is 0 Å². The van der Waals surface area contributed by atoms with E-state index in [1.165, 1.54) is 5.56 Å². The predicted octanol–water partition coefficient (Wildman–Crippen LogP) is 3.71. The van der Waals surface area contributed by atoms with Crippen LogP contribution in [0.15, 0.2) is 40.6 Å². The molecule has 0 unspecified atom stereocenters. The molecule has 0 radical (unpaired) electrons. The molecule has 0 bridgehead atoms. The van der Waals surface area contributed by atoms with Gasteiger partial charge in [-0.1, -0.05) is 30.3 Å². The molecular formula is C18H21N3O. The standard InChI is InChI=1S/C18H21N3O/c1-2-3-12-18(19-20-18)13-11-17(22)21-14-7-10-16(21)15-8-5-4-6-9-15/h1,4-6,8-9,16H,3,7,10-14H2/t16-/m0/s1. The van der Waals surface area contributed by atoms with E-state index in [0.29, 0.717) is 19.3 Å². The first-order chi connectivity index (χ1) is 10.7. The first kappa shape index (κ1) is 14.8. The summed E-state index contributed by atoms with van der Waals surface area (Å²) in [6.07, 6.45) is 10.0. The Morgan fingerprint density at radius 3 is 2.77 bits per heavy atom. The molecule has 1 amide bonds. The zero-order valence-corrected chi connectivity index (χ0v) is 12.7. The van der Waals surface area contributed by atoms with Gasteiger partial charge in [0.25, 0.3) is 0 Å². The number of carbonyl (C=O) groups is 1. The minimum Gasteiger partial charge on any atom is -0.336 e. The Balaban J connectivity index is 1.57. The Bertz CT molecular complexity index is 597. The van der Waals surface area contributed by atoms with E-state index in [0.717, 1.165) is 25.8 Å². The van der Waals surface area contributed by atoms with E-state index < -0.39 is 0 Å². The van der Waals surface area contributed by atoms with Gasteiger partial charge < -0.3 is 4.90 Å². The van der Waals surface area contributed by atoms with Gasteiger partial charge in [0.05, 0.1) is 6.04 Å². The average Bonchev–Trinajstić information content (AvgIpc) is 3.16. The maximum absolute atomic E-state index is 12.6. The molecule has 3 rings (SSSR count). The van der Waals surface area contributed by atoms with E-state index in [9.17, 15) is 4.79 Å². The molecule has 22 heavy (non-hydrogen) atoms. The highest BCUT2D eigenvalue weighted by Gasteiger charge is 2.40. The highest BCUT2D eigenvalue weighted by atomic mass is 16.2. The van der Waals surface area contributed by atoms with Crippen LogP contribution in [0.2, 0.25) is 0 Å². The minimum absolute atomic E-state index is 0.212. The van der Waals surface area contributed by atoms with Crippen LogP contribution in [0.3, 0.4) is 0 Å². The topological polar surface area (TPSA) is 45.0 Å². The molecule has 0 N–H and O–H groups in total. The molecule has 2 heterocycles. The smallest absolute Gasteiger partial charge is 0.223 e. The third-order valence-electron chi connectivity index (χ3n) is 4.55. The second-order valence-corrected chi connectivity index (χ2v) is 6.04. The van der Waals surface area contributed by atoms with Crippen LogP contribution < -0.4 is 0 Å². The zero-order valence-electron chi connectivity index (χ0n) is 12.7. The second-order valence-electron chi connectivity index (χ2n) is 6.04. The van der Waals surface area contributed by atoms with E-state index in [-0.39, 0.29) is 17.6 Å². The lowest BCUT2D eigenvalue weighted by molar-refractivity contribution is -0.132. The highest BCUT2D eigenvalue weighted by Crippen LogP contribution is 2.39. The predicted molar refractivity (Wildman–Crippen MR) is 85.0 cm³/mol. The summed E-state index contributed by atoms with van der Waals surface area (Å²) < 4.78 is 0. The molecule has 4 heteroatoms. The van der Waals surface area contributed by atoms with Crippen LogP contribution in [0.25, 0.3) is 0 Å². The molecule has 2 aliphatic rings. The van der Waals surface area contributed by atoms with Crippen molar-refractivity contribution in [2.45, 2.75) is 50.2 Å². The number of carbonyl (C=O) groups excluding carboxylic acids is 1. The van der Waals surface area contributed by atoms with Crippen molar-refractivity contribution in [3.8, 4) is 12.3 Å². The largest absolute Gasteiger partial charge is 0.336 e. The molecule has 0 saturated carbocycles. The number of hydrogen-bond donors (Lipinski definition) is 0. The lowest BCUT2D eigenvalue weighted by atomic mass is 10.0. The van der Waals surface area contributed by atoms with Crippen molar-refractivity contribution in [2.75, 3.05) is 6.54 Å². The average molecular weight is 295 g/mol. The fraction of sp³-hybridized carbons (Fsp3) is 0.500. The molecule has 1 atom stereocenters. The number of hydrogen-bond acceptors (Lipinski definition) is 3. The van der Waals surface area contributed by atoms with Crippen molar-refractivity contribution in [3.63, 3.8) is 0 Å². The van der Waals surface area contributed by atoms with Gasteiger partial charge in [0.2, 0.25) is 5.91 Å². The molecule has 2 aliphatic heterocycles. The van der Waals surface area contributed by atoms with Crippen molar-refractivity contribution >= 4 is 5.91 Å². The molecule has 1 aromatic rings. The molecule has 0 aliphatic carbocycles. The van der Waals surface area contributed by atoms with Crippen LogP contribution in [-0.2, 0) is 4.79 Å². The van der Waals surface area contributed by atoms with Crippen LogP contribution in [0.5, 0.6) is 0 Å². The Kier molecular flexibility index (Phi) is 4.24. The molecule has 1 aromatic carbocycles. The van der Waals surface area contributed by atoms with Crippen molar-refractivity contribution in [2.24, 2.45) is 10.2 Å². The molecule has 1 fully saturated rings. The minimum atomic E-state index is -0.357. The molecular weight excluding hydrogens is 274 g/mol. The van der Waals surface area contributed by atoms with Crippen LogP contribution in [0.1, 0.15) is 50.1 Å². The molecule has 0 aromatic heterocycles. The van der Waals surface area contributed by atoms with E-state index in [4.69, 9.17) is 6.42 Å². The second kappa shape index (κ2) is 6.31. The number of terminal acetylenes is 1. The summed E-state index contributed by atoms with van der Waals surface area (Å²) in [5, 5.41) is 8.21. The SMILES string of the molecule is C#CCCC1(CCC(=O)N2CCC[C@H]2c2ccccc2)N=N1. The third-order valence-corrected chi connectivity index (χ3v) is 4.55. The van der Waals surface area contributed by atoms with Crippen molar-refractivity contribution in [1.82, 2.24) is 4.90 Å². The zero-order chi connectivity index (χ0) is 15.4. The summed E-state index contributed by atoms with van der Waals surface area (Å²) in [7, 11) is 0. The first-order valence-corrected chi connectivity index (χ1v) is 7.96. The molecule has 114 valence electrons. The Morgan fingerprint density at radius 1 is 1.32 bits per heavy atom. The van der Waals surface area contributed by atoms with Gasteiger partial charge in [0.15, 0.2) is 5.66 Å². The van der Waals surface area contributed by atoms with Crippen LogP contribution in [-0.4, -0.2) is 23.0 Å². The molecule has 4 nitrogen and oxygen atoms in total. The summed E-state index contributed by atoms with van der Waals surface area (Å²) in [4.78, 5) is 14.6. The van der Waals surface area contributed by atoms with Crippen molar-refractivity contribution < 1.29 is 4.79 Å². The number of nitrogens with zero attached hydrogens (tertiary/aromatic N) is 3. The fourth-order valence-electron chi connectivity index (χ4n) is 3.21. The van der Waals surface area contributed by atoms with Crippen LogP contribution in [0, 0.1) is 12.3 Å². The monoisotopic (exact) mass is 295 g/mol. The van der Waals surface area contributed by atoms with Crippen LogP contribution in [0.4, 0.5) is 0 Å². The highest BCUT2D eigenvalue weighted by molar-refractivity contribution is 5.77. The van der Waals surface area contributed by atoms with Gasteiger partial charge >= 0.3 is 0 Å². The normalized spacial score (nSPS) is 21.6.